The van der Waals surface area contributed by atoms with Crippen molar-refractivity contribution in [3.63, 3.8) is 0 Å². The average molecular weight is 391 g/mol. The molecule has 0 radical (unpaired) electrons. The molecule has 0 aliphatic carbocycles. The molecule has 2 aromatic carbocycles. The van der Waals surface area contributed by atoms with Crippen molar-refractivity contribution in [1.82, 2.24) is 15.3 Å². The molecule has 0 unspecified atom stereocenters. The summed E-state index contributed by atoms with van der Waals surface area (Å²) in [6, 6.07) is 19.1. The minimum atomic E-state index is -0.183. The Morgan fingerprint density at radius 1 is 1.00 bits per heavy atom. The van der Waals surface area contributed by atoms with Crippen LogP contribution in [0.5, 0.6) is 0 Å². The zero-order valence-electron chi connectivity index (χ0n) is 15.1. The summed E-state index contributed by atoms with van der Waals surface area (Å²) < 4.78 is 0. The number of amides is 1. The molecule has 2 aromatic heterocycles. The Balaban J connectivity index is 1.32. The number of hydrogen-bond donors (Lipinski definition) is 3. The van der Waals surface area contributed by atoms with Gasteiger partial charge in [-0.15, -0.1) is 0 Å². The topological polar surface area (TPSA) is 69.8 Å². The number of nitrogens with zero attached hydrogens (tertiary/aromatic N) is 1. The molecule has 1 amide bonds. The highest BCUT2D eigenvalue weighted by molar-refractivity contribution is 6.30. The first-order valence-corrected chi connectivity index (χ1v) is 9.39. The van der Waals surface area contributed by atoms with Gasteiger partial charge in [0, 0.05) is 34.4 Å². The molecule has 0 saturated heterocycles. The first-order chi connectivity index (χ1) is 13.7. The van der Waals surface area contributed by atoms with Gasteiger partial charge in [0.15, 0.2) is 0 Å². The fourth-order valence-corrected chi connectivity index (χ4v) is 3.17. The third kappa shape index (κ3) is 4.15. The third-order valence-corrected chi connectivity index (χ3v) is 4.74. The number of carbonyl (C=O) groups excluding carboxylic acids is 1. The average Bonchev–Trinajstić information content (AvgIpc) is 3.13. The van der Waals surface area contributed by atoms with Crippen LogP contribution in [0.1, 0.15) is 16.1 Å². The van der Waals surface area contributed by atoms with Crippen LogP contribution in [0.3, 0.4) is 0 Å². The van der Waals surface area contributed by atoms with Gasteiger partial charge in [0.25, 0.3) is 5.91 Å². The van der Waals surface area contributed by atoms with Gasteiger partial charge in [-0.1, -0.05) is 29.8 Å². The van der Waals surface area contributed by atoms with Crippen molar-refractivity contribution in [3.8, 4) is 0 Å². The fourth-order valence-electron chi connectivity index (χ4n) is 3.04. The van der Waals surface area contributed by atoms with Gasteiger partial charge in [-0.25, -0.2) is 4.98 Å². The molecule has 3 N–H and O–H groups in total. The first-order valence-electron chi connectivity index (χ1n) is 9.01. The number of carbonyl (C=O) groups is 1. The molecule has 4 aromatic rings. The molecule has 4 rings (SSSR count). The Labute approximate surface area is 167 Å². The van der Waals surface area contributed by atoms with E-state index in [4.69, 9.17) is 11.6 Å². The lowest BCUT2D eigenvalue weighted by Gasteiger charge is -2.08. The summed E-state index contributed by atoms with van der Waals surface area (Å²) in [5.74, 6) is -0.183. The number of hydrogen-bond acceptors (Lipinski definition) is 3. The zero-order chi connectivity index (χ0) is 19.3. The van der Waals surface area contributed by atoms with E-state index in [1.54, 1.807) is 12.3 Å². The quantitative estimate of drug-likeness (QED) is 0.437. The van der Waals surface area contributed by atoms with Crippen molar-refractivity contribution >= 4 is 39.8 Å². The van der Waals surface area contributed by atoms with Gasteiger partial charge < -0.3 is 15.6 Å². The Kier molecular flexibility index (Phi) is 5.26. The van der Waals surface area contributed by atoms with Crippen molar-refractivity contribution < 1.29 is 4.79 Å². The van der Waals surface area contributed by atoms with Crippen LogP contribution < -0.4 is 10.6 Å². The zero-order valence-corrected chi connectivity index (χ0v) is 15.8. The molecule has 0 atom stereocenters. The number of aromatic amines is 1. The van der Waals surface area contributed by atoms with Gasteiger partial charge >= 0.3 is 0 Å². The van der Waals surface area contributed by atoms with E-state index in [2.05, 4.69) is 26.7 Å². The molecule has 0 saturated carbocycles. The summed E-state index contributed by atoms with van der Waals surface area (Å²) in [7, 11) is 0. The van der Waals surface area contributed by atoms with E-state index in [0.29, 0.717) is 17.3 Å². The maximum atomic E-state index is 12.3. The van der Waals surface area contributed by atoms with Gasteiger partial charge in [-0.05, 0) is 54.4 Å². The van der Waals surface area contributed by atoms with E-state index in [-0.39, 0.29) is 5.91 Å². The monoisotopic (exact) mass is 390 g/mol. The smallest absolute Gasteiger partial charge is 0.269 e. The maximum Gasteiger partial charge on any atom is 0.269 e. The standard InChI is InChI=1S/C22H19ClN4O/c23-16-5-7-17(8-6-16)27-18-9-10-21(26-14-18)22(28)24-12-11-15-13-25-20-4-2-1-3-19(15)20/h1-10,13-14,25,27H,11-12H2,(H,24,28). The van der Waals surface area contributed by atoms with E-state index < -0.39 is 0 Å². The van der Waals surface area contributed by atoms with E-state index in [1.165, 1.54) is 10.9 Å². The van der Waals surface area contributed by atoms with Crippen molar-refractivity contribution in [3.05, 3.63) is 89.3 Å². The number of benzene rings is 2. The molecule has 6 heteroatoms. The molecule has 0 spiro atoms. The first kappa shape index (κ1) is 18.1. The predicted molar refractivity (Wildman–Crippen MR) is 113 cm³/mol. The summed E-state index contributed by atoms with van der Waals surface area (Å²) in [6.45, 7) is 0.549. The molecule has 0 bridgehead atoms. The van der Waals surface area contributed by atoms with Crippen molar-refractivity contribution in [2.45, 2.75) is 6.42 Å². The second-order valence-corrected chi connectivity index (χ2v) is 6.87. The minimum absolute atomic E-state index is 0.183. The van der Waals surface area contributed by atoms with E-state index >= 15 is 0 Å². The summed E-state index contributed by atoms with van der Waals surface area (Å²) in [6.07, 6.45) is 4.39. The Hall–Kier alpha value is -3.31. The summed E-state index contributed by atoms with van der Waals surface area (Å²) in [5, 5.41) is 8.02. The SMILES string of the molecule is O=C(NCCc1c[nH]c2ccccc12)c1ccc(Nc2ccc(Cl)cc2)cn1. The molecule has 2 heterocycles. The summed E-state index contributed by atoms with van der Waals surface area (Å²) in [4.78, 5) is 19.8. The number of pyridine rings is 1. The van der Waals surface area contributed by atoms with Gasteiger partial charge in [0.2, 0.25) is 0 Å². The van der Waals surface area contributed by atoms with Crippen molar-refractivity contribution in [2.75, 3.05) is 11.9 Å². The van der Waals surface area contributed by atoms with Gasteiger partial charge in [-0.2, -0.15) is 0 Å². The lowest BCUT2D eigenvalue weighted by molar-refractivity contribution is 0.0949. The number of anilines is 2. The molecule has 0 fully saturated rings. The molecule has 0 aliphatic heterocycles. The molecular weight excluding hydrogens is 372 g/mol. The van der Waals surface area contributed by atoms with Crippen LogP contribution in [0.2, 0.25) is 5.02 Å². The number of halogens is 1. The second kappa shape index (κ2) is 8.15. The van der Waals surface area contributed by atoms with Crippen LogP contribution in [0.4, 0.5) is 11.4 Å². The van der Waals surface area contributed by atoms with Gasteiger partial charge in [-0.3, -0.25) is 4.79 Å². The number of rotatable bonds is 6. The normalized spacial score (nSPS) is 10.8. The van der Waals surface area contributed by atoms with Crippen molar-refractivity contribution in [2.24, 2.45) is 0 Å². The third-order valence-electron chi connectivity index (χ3n) is 4.48. The largest absolute Gasteiger partial charge is 0.361 e. The molecule has 28 heavy (non-hydrogen) atoms. The van der Waals surface area contributed by atoms with Crippen LogP contribution in [0.25, 0.3) is 10.9 Å². The Morgan fingerprint density at radius 2 is 1.79 bits per heavy atom. The van der Waals surface area contributed by atoms with Crippen molar-refractivity contribution in [1.29, 1.82) is 0 Å². The van der Waals surface area contributed by atoms with Crippen LogP contribution in [-0.2, 0) is 6.42 Å². The van der Waals surface area contributed by atoms with Crippen LogP contribution in [0.15, 0.2) is 73.1 Å². The molecule has 140 valence electrons. The molecule has 5 nitrogen and oxygen atoms in total. The number of para-hydroxylation sites is 1. The summed E-state index contributed by atoms with van der Waals surface area (Å²) >= 11 is 5.89. The van der Waals surface area contributed by atoms with Gasteiger partial charge in [0.05, 0.1) is 11.9 Å². The fraction of sp³-hybridized carbons (Fsp3) is 0.0909. The number of H-pyrrole nitrogens is 1. The maximum absolute atomic E-state index is 12.3. The van der Waals surface area contributed by atoms with Gasteiger partial charge in [0.1, 0.15) is 5.69 Å². The highest BCUT2D eigenvalue weighted by atomic mass is 35.5. The van der Waals surface area contributed by atoms with Crippen LogP contribution in [0, 0.1) is 0 Å². The van der Waals surface area contributed by atoms with E-state index in [0.717, 1.165) is 23.3 Å². The number of fused-ring (bicyclic) bond motifs is 1. The van der Waals surface area contributed by atoms with E-state index in [9.17, 15) is 4.79 Å². The van der Waals surface area contributed by atoms with E-state index in [1.807, 2.05) is 54.7 Å². The number of aromatic nitrogens is 2. The van der Waals surface area contributed by atoms with Crippen LogP contribution in [-0.4, -0.2) is 22.4 Å². The lowest BCUT2D eigenvalue weighted by Crippen LogP contribution is -2.26. The molecule has 0 aliphatic rings. The molecular formula is C22H19ClN4O. The van der Waals surface area contributed by atoms with Crippen LogP contribution >= 0.6 is 11.6 Å². The predicted octanol–water partition coefficient (Wildman–Crippen LogP) is 4.93. The highest BCUT2D eigenvalue weighted by Gasteiger charge is 2.08. The minimum Gasteiger partial charge on any atom is -0.361 e. The Morgan fingerprint density at radius 3 is 2.57 bits per heavy atom. The second-order valence-electron chi connectivity index (χ2n) is 6.43. The Bertz CT molecular complexity index is 1090. The lowest BCUT2D eigenvalue weighted by atomic mass is 10.1. The highest BCUT2D eigenvalue weighted by Crippen LogP contribution is 2.19. The summed E-state index contributed by atoms with van der Waals surface area (Å²) in [5.41, 5.74) is 4.39. The number of nitrogens with one attached hydrogen (secondary N) is 3.